The van der Waals surface area contributed by atoms with Gasteiger partial charge in [0.25, 0.3) is 0 Å². The number of carboxylic acid groups (broad SMARTS) is 1. The van der Waals surface area contributed by atoms with Crippen LogP contribution in [0.15, 0.2) is 0 Å². The molecule has 3 saturated carbocycles. The zero-order valence-corrected chi connectivity index (χ0v) is 25.1. The molecule has 0 aromatic rings. The molecule has 3 fully saturated rings. The van der Waals surface area contributed by atoms with Gasteiger partial charge in [-0.1, -0.05) is 58.3 Å². The molecule has 3 heteroatoms. The number of carbonyl (C=O) groups is 1. The van der Waals surface area contributed by atoms with Gasteiger partial charge in [0, 0.05) is 6.42 Å². The van der Waals surface area contributed by atoms with E-state index in [1.54, 1.807) is 96.3 Å². The Labute approximate surface area is 214 Å². The van der Waals surface area contributed by atoms with Crippen LogP contribution in [0.5, 0.6) is 0 Å². The Morgan fingerprint density at radius 2 is 0.909 bits per heavy atom. The molecule has 1 N–H and O–H groups in total. The molecule has 3 rings (SSSR count). The van der Waals surface area contributed by atoms with Crippen molar-refractivity contribution in [2.75, 3.05) is 0 Å². The Bertz CT molecular complexity index is 419. The molecule has 0 aromatic carbocycles. The number of unbranched alkanes of at least 4 members (excludes halogenated alkanes) is 8. The molecule has 0 aliphatic heterocycles. The maximum Gasteiger partial charge on any atom is 0.303 e. The van der Waals surface area contributed by atoms with Crippen molar-refractivity contribution in [1.29, 1.82) is 0 Å². The Balaban J connectivity index is 0.000000248. The Morgan fingerprint density at radius 3 is 1.24 bits per heavy atom. The zero-order valence-electron chi connectivity index (χ0n) is 22.3. The average molecular weight is 568 g/mol. The molecule has 3 aliphatic carbocycles. The van der Waals surface area contributed by atoms with E-state index in [1.165, 1.54) is 56.7 Å². The third kappa shape index (κ3) is 13.2. The van der Waals surface area contributed by atoms with Gasteiger partial charge in [-0.3, -0.25) is 4.79 Å². The predicted molar refractivity (Wildman–Crippen MR) is 146 cm³/mol. The molecule has 193 valence electrons. The summed E-state index contributed by atoms with van der Waals surface area (Å²) in [4.78, 5) is 10.2. The predicted octanol–water partition coefficient (Wildman–Crippen LogP) is 10.5. The van der Waals surface area contributed by atoms with E-state index in [-0.39, 0.29) is 0 Å². The molecule has 33 heavy (non-hydrogen) atoms. The second kappa shape index (κ2) is 19.5. The zero-order chi connectivity index (χ0) is 23.6. The first-order chi connectivity index (χ1) is 16.2. The first-order valence-electron chi connectivity index (χ1n) is 15.3. The first kappa shape index (κ1) is 29.5. The van der Waals surface area contributed by atoms with Gasteiger partial charge in [0.05, 0.1) is 0 Å². The molecule has 0 unspecified atom stereocenters. The van der Waals surface area contributed by atoms with E-state index in [0.717, 1.165) is 12.8 Å². The van der Waals surface area contributed by atoms with Gasteiger partial charge in [-0.15, -0.1) is 0 Å². The fourth-order valence-electron chi connectivity index (χ4n) is 6.89. The van der Waals surface area contributed by atoms with E-state index in [9.17, 15) is 4.79 Å². The second-order valence-electron chi connectivity index (χ2n) is 11.5. The van der Waals surface area contributed by atoms with Crippen LogP contribution >= 0.6 is 0 Å². The summed E-state index contributed by atoms with van der Waals surface area (Å²) in [6.45, 7) is 2.23. The molecule has 0 bridgehead atoms. The van der Waals surface area contributed by atoms with E-state index < -0.39 is 25.7 Å². The van der Waals surface area contributed by atoms with Gasteiger partial charge in [-0.2, -0.15) is 0 Å². The van der Waals surface area contributed by atoms with Crippen molar-refractivity contribution < 1.29 is 9.90 Å². The summed E-state index contributed by atoms with van der Waals surface area (Å²) in [5.41, 5.74) is 0. The van der Waals surface area contributed by atoms with Crippen LogP contribution in [0.2, 0.25) is 11.8 Å². The summed E-state index contributed by atoms with van der Waals surface area (Å²) in [6.07, 6.45) is 35.7. The fourth-order valence-corrected chi connectivity index (χ4v) is 21.8. The molecule has 0 spiro atoms. The summed E-state index contributed by atoms with van der Waals surface area (Å²) >= 11 is -1.15. The molecule has 2 nitrogen and oxygen atoms in total. The molecule has 0 saturated heterocycles. The third-order valence-electron chi connectivity index (χ3n) is 8.72. The first-order valence-corrected chi connectivity index (χ1v) is 20.2. The maximum atomic E-state index is 10.2. The van der Waals surface area contributed by atoms with Gasteiger partial charge < -0.3 is 5.11 Å². The topological polar surface area (TPSA) is 37.3 Å². The molecular formula is C30H57O2Sn. The summed E-state index contributed by atoms with van der Waals surface area (Å²) in [6, 6.07) is 0. The van der Waals surface area contributed by atoms with E-state index >= 15 is 0 Å². The Kier molecular flexibility index (Phi) is 17.4. The minimum Gasteiger partial charge on any atom is -0.481 e. The largest absolute Gasteiger partial charge is 0.481 e. The van der Waals surface area contributed by atoms with Crippen LogP contribution in [0.25, 0.3) is 0 Å². The summed E-state index contributed by atoms with van der Waals surface area (Å²) in [7, 11) is 0. The molecule has 0 atom stereocenters. The van der Waals surface area contributed by atoms with Gasteiger partial charge in [-0.25, -0.2) is 0 Å². The minimum absolute atomic E-state index is 0.343. The van der Waals surface area contributed by atoms with E-state index in [4.69, 9.17) is 5.11 Å². The molecule has 0 aromatic heterocycles. The van der Waals surface area contributed by atoms with Crippen LogP contribution in [0, 0.1) is 0 Å². The smallest absolute Gasteiger partial charge is 0.303 e. The maximum absolute atomic E-state index is 10.2. The monoisotopic (exact) mass is 569 g/mol. The van der Waals surface area contributed by atoms with Gasteiger partial charge in [0.15, 0.2) is 0 Å². The van der Waals surface area contributed by atoms with Crippen LogP contribution in [0.1, 0.15) is 167 Å². The SMILES string of the molecule is C1CC[CH]([Sn]([CH]2CCCCC2)[CH]2CCCCC2)CC1.CCCCCCCCCCCC(=O)O. The standard InChI is InChI=1S/C12H24O2.3C6H11.Sn/c1-2-3-4-5-6-7-8-9-10-11-12(13)14;3*1-2-4-6-5-3-1;/h2-11H2,1H3,(H,13,14);3*1H,2-6H2;. The van der Waals surface area contributed by atoms with Gasteiger partial charge >= 0.3 is 134 Å². The van der Waals surface area contributed by atoms with Gasteiger partial charge in [-0.05, 0) is 6.42 Å². The molecule has 3 aliphatic rings. The van der Waals surface area contributed by atoms with Crippen LogP contribution in [-0.4, -0.2) is 30.8 Å². The number of carboxylic acids is 1. The normalized spacial score (nSPS) is 21.0. The van der Waals surface area contributed by atoms with Crippen LogP contribution in [-0.2, 0) is 4.79 Å². The second-order valence-corrected chi connectivity index (χ2v) is 21.3. The summed E-state index contributed by atoms with van der Waals surface area (Å²) in [5, 5.41) is 8.41. The Morgan fingerprint density at radius 1 is 0.576 bits per heavy atom. The minimum atomic E-state index is -1.15. The van der Waals surface area contributed by atoms with Gasteiger partial charge in [0.1, 0.15) is 0 Å². The van der Waals surface area contributed by atoms with E-state index in [0.29, 0.717) is 6.42 Å². The van der Waals surface area contributed by atoms with E-state index in [1.807, 2.05) is 0 Å². The van der Waals surface area contributed by atoms with Crippen molar-refractivity contribution in [3.63, 3.8) is 0 Å². The van der Waals surface area contributed by atoms with Gasteiger partial charge in [0.2, 0.25) is 0 Å². The van der Waals surface area contributed by atoms with Crippen molar-refractivity contribution in [2.45, 2.75) is 179 Å². The quantitative estimate of drug-likeness (QED) is 0.177. The van der Waals surface area contributed by atoms with E-state index in [2.05, 4.69) is 6.92 Å². The fraction of sp³-hybridized carbons (Fsp3) is 0.967. The number of hydrogen-bond acceptors (Lipinski definition) is 1. The average Bonchev–Trinajstić information content (AvgIpc) is 2.85. The molecule has 1 radical (unpaired) electrons. The summed E-state index contributed by atoms with van der Waals surface area (Å²) in [5.74, 6) is -0.659. The van der Waals surface area contributed by atoms with Crippen molar-refractivity contribution in [1.82, 2.24) is 0 Å². The third-order valence-corrected chi connectivity index (χ3v) is 21.7. The molecule has 0 heterocycles. The number of rotatable bonds is 13. The van der Waals surface area contributed by atoms with Crippen LogP contribution in [0.4, 0.5) is 0 Å². The molecule has 0 amide bonds. The van der Waals surface area contributed by atoms with Crippen molar-refractivity contribution >= 4 is 25.7 Å². The Hall–Kier alpha value is 0.269. The van der Waals surface area contributed by atoms with Crippen molar-refractivity contribution in [2.24, 2.45) is 0 Å². The van der Waals surface area contributed by atoms with Crippen molar-refractivity contribution in [3.8, 4) is 0 Å². The summed E-state index contributed by atoms with van der Waals surface area (Å²) < 4.78 is 3.96. The molecular weight excluding hydrogens is 511 g/mol. The van der Waals surface area contributed by atoms with Crippen LogP contribution in [0.3, 0.4) is 0 Å². The number of aliphatic carboxylic acids is 1. The van der Waals surface area contributed by atoms with Crippen LogP contribution < -0.4 is 0 Å². The number of hydrogen-bond donors (Lipinski definition) is 1. The van der Waals surface area contributed by atoms with Crippen molar-refractivity contribution in [3.05, 3.63) is 0 Å².